The molecule has 8 aromatic rings. The van der Waals surface area contributed by atoms with Crippen LogP contribution in [0.25, 0.3) is 55.0 Å². The van der Waals surface area contributed by atoms with E-state index in [0.717, 1.165) is 23.5 Å². The van der Waals surface area contributed by atoms with Gasteiger partial charge in [0.1, 0.15) is 0 Å². The van der Waals surface area contributed by atoms with Crippen LogP contribution in [0.1, 0.15) is 45.2 Å². The van der Waals surface area contributed by atoms with E-state index in [4.69, 9.17) is 0 Å². The van der Waals surface area contributed by atoms with E-state index in [1.54, 1.807) is 0 Å². The fourth-order valence-corrected chi connectivity index (χ4v) is 8.64. The van der Waals surface area contributed by atoms with E-state index in [2.05, 4.69) is 207 Å². The van der Waals surface area contributed by atoms with Gasteiger partial charge in [0.05, 0.1) is 11.0 Å². The van der Waals surface area contributed by atoms with Crippen molar-refractivity contribution in [3.63, 3.8) is 0 Å². The number of allylic oxidation sites excluding steroid dienone is 4. The lowest BCUT2D eigenvalue weighted by Crippen LogP contribution is -2.18. The predicted molar refractivity (Wildman–Crippen MR) is 223 cm³/mol. The molecule has 0 amide bonds. The number of rotatable bonds is 7. The number of para-hydroxylation sites is 2. The van der Waals surface area contributed by atoms with Crippen LogP contribution in [0.2, 0.25) is 0 Å². The number of benzene rings is 7. The second-order valence-electron chi connectivity index (χ2n) is 14.4. The predicted octanol–water partition coefficient (Wildman–Crippen LogP) is 14.1. The molecule has 0 saturated carbocycles. The van der Waals surface area contributed by atoms with Gasteiger partial charge in [-0.25, -0.2) is 0 Å². The first-order valence-corrected chi connectivity index (χ1v) is 18.5. The van der Waals surface area contributed by atoms with Crippen molar-refractivity contribution in [2.24, 2.45) is 0 Å². The van der Waals surface area contributed by atoms with Gasteiger partial charge >= 0.3 is 0 Å². The first-order valence-electron chi connectivity index (χ1n) is 18.5. The molecule has 1 aromatic heterocycles. The Kier molecular flexibility index (Phi) is 7.70. The second kappa shape index (κ2) is 12.6. The molecule has 1 aliphatic rings. The molecule has 0 spiro atoms. The smallest absolute Gasteiger partial charge is 0.0547 e. The van der Waals surface area contributed by atoms with Crippen LogP contribution in [0.3, 0.4) is 0 Å². The Hall–Kier alpha value is -6.12. The number of anilines is 3. The summed E-state index contributed by atoms with van der Waals surface area (Å²) in [6.07, 6.45) is 5.50. The van der Waals surface area contributed by atoms with Crippen LogP contribution >= 0.6 is 0 Å². The fraction of sp³-hybridized carbons (Fsp3) is 0.120. The molecule has 0 saturated heterocycles. The Bertz CT molecular complexity index is 2670. The summed E-state index contributed by atoms with van der Waals surface area (Å²) in [6, 6.07) is 57.8. The zero-order valence-electron chi connectivity index (χ0n) is 30.3. The number of fused-ring (bicyclic) bond motifs is 5. The van der Waals surface area contributed by atoms with Crippen molar-refractivity contribution < 1.29 is 0 Å². The van der Waals surface area contributed by atoms with Crippen LogP contribution in [-0.2, 0) is 5.41 Å². The van der Waals surface area contributed by atoms with Crippen molar-refractivity contribution in [2.45, 2.75) is 39.5 Å². The average Bonchev–Trinajstić information content (AvgIpc) is 3.61. The molecule has 1 aliphatic carbocycles. The normalized spacial score (nSPS) is 13.8. The highest BCUT2D eigenvalue weighted by atomic mass is 15.1. The van der Waals surface area contributed by atoms with E-state index in [0.29, 0.717) is 0 Å². The summed E-state index contributed by atoms with van der Waals surface area (Å²) in [5.41, 5.74) is 15.1. The molecule has 7 aromatic carbocycles. The molecular weight excluding hydrogens is 629 g/mol. The molecule has 0 radical (unpaired) electrons. The third-order valence-corrected chi connectivity index (χ3v) is 11.1. The van der Waals surface area contributed by atoms with Crippen molar-refractivity contribution in [3.8, 4) is 16.8 Å². The van der Waals surface area contributed by atoms with Crippen molar-refractivity contribution in [2.75, 3.05) is 4.90 Å². The lowest BCUT2D eigenvalue weighted by Gasteiger charge is -2.29. The van der Waals surface area contributed by atoms with E-state index >= 15 is 0 Å². The van der Waals surface area contributed by atoms with Gasteiger partial charge in [-0.1, -0.05) is 129 Å². The van der Waals surface area contributed by atoms with E-state index < -0.39 is 0 Å². The highest BCUT2D eigenvalue weighted by molar-refractivity contribution is 6.13. The van der Waals surface area contributed by atoms with E-state index in [9.17, 15) is 0 Å². The first kappa shape index (κ1) is 31.8. The highest BCUT2D eigenvalue weighted by Crippen LogP contribution is 2.50. The van der Waals surface area contributed by atoms with E-state index in [1.165, 1.54) is 71.7 Å². The van der Waals surface area contributed by atoms with Crippen molar-refractivity contribution in [3.05, 3.63) is 187 Å². The number of hydrogen-bond acceptors (Lipinski definition) is 1. The number of nitrogens with zero attached hydrogens (tertiary/aromatic N) is 2. The molecule has 252 valence electrons. The van der Waals surface area contributed by atoms with Gasteiger partial charge in [0.15, 0.2) is 0 Å². The topological polar surface area (TPSA) is 8.17 Å². The number of hydrogen-bond donors (Lipinski definition) is 0. The van der Waals surface area contributed by atoms with Crippen LogP contribution in [0.15, 0.2) is 175 Å². The maximum atomic E-state index is 2.42. The maximum absolute atomic E-state index is 2.42. The van der Waals surface area contributed by atoms with Gasteiger partial charge in [-0.2, -0.15) is 0 Å². The highest BCUT2D eigenvalue weighted by Gasteiger charge is 2.36. The van der Waals surface area contributed by atoms with Gasteiger partial charge in [-0.3, -0.25) is 0 Å². The van der Waals surface area contributed by atoms with Crippen molar-refractivity contribution in [1.82, 2.24) is 4.57 Å². The van der Waals surface area contributed by atoms with Crippen LogP contribution in [0.4, 0.5) is 17.1 Å². The molecule has 2 heteroatoms. The summed E-state index contributed by atoms with van der Waals surface area (Å²) >= 11 is 0. The van der Waals surface area contributed by atoms with Gasteiger partial charge in [-0.15, -0.1) is 0 Å². The van der Waals surface area contributed by atoms with Crippen molar-refractivity contribution in [1.29, 1.82) is 0 Å². The molecule has 9 rings (SSSR count). The standard InChI is InChI=1S/C50H42N2/c1-5-14-42-43-30-29-41(33-47(43)50(3,4)46(42)6-2)51(38-17-8-7-9-18-38)39-25-21-34(22-26-39)35-23-27-40(28-24-35)52-48-20-13-12-19-44(48)45-31-36-15-10-11-16-37(36)32-49(45)52/h5,7-33H,6H2,1-4H3/b14-5-. The SMILES string of the molecule is C/C=C\C1=C(CC)C(C)(C)c2cc(N(c3ccccc3)c3ccc(-c4ccc(-n5c6ccccc6c6cc7ccccc7cc65)cc4)cc3)ccc21. The Morgan fingerprint density at radius 3 is 1.90 bits per heavy atom. The minimum absolute atomic E-state index is 0.0275. The molecule has 2 nitrogen and oxygen atoms in total. The minimum atomic E-state index is -0.0275. The second-order valence-corrected chi connectivity index (χ2v) is 14.4. The maximum Gasteiger partial charge on any atom is 0.0547 e. The summed E-state index contributed by atoms with van der Waals surface area (Å²) in [5, 5.41) is 5.08. The summed E-state index contributed by atoms with van der Waals surface area (Å²) < 4.78 is 2.40. The molecule has 0 atom stereocenters. The monoisotopic (exact) mass is 670 g/mol. The molecule has 0 unspecified atom stereocenters. The molecule has 52 heavy (non-hydrogen) atoms. The molecular formula is C50H42N2. The Balaban J connectivity index is 1.08. The summed E-state index contributed by atoms with van der Waals surface area (Å²) in [4.78, 5) is 2.38. The van der Waals surface area contributed by atoms with E-state index in [-0.39, 0.29) is 5.41 Å². The largest absolute Gasteiger partial charge is 0.310 e. The van der Waals surface area contributed by atoms with Crippen LogP contribution in [-0.4, -0.2) is 4.57 Å². The average molecular weight is 671 g/mol. The number of aromatic nitrogens is 1. The van der Waals surface area contributed by atoms with Gasteiger partial charge in [0, 0.05) is 38.9 Å². The molecule has 1 heterocycles. The zero-order valence-corrected chi connectivity index (χ0v) is 30.3. The zero-order chi connectivity index (χ0) is 35.4. The lowest BCUT2D eigenvalue weighted by atomic mass is 9.80. The minimum Gasteiger partial charge on any atom is -0.310 e. The molecule has 0 aliphatic heterocycles. The van der Waals surface area contributed by atoms with Crippen LogP contribution in [0, 0.1) is 0 Å². The Labute approximate surface area is 306 Å². The van der Waals surface area contributed by atoms with Gasteiger partial charge in [0.25, 0.3) is 0 Å². The summed E-state index contributed by atoms with van der Waals surface area (Å²) in [5.74, 6) is 0. The Morgan fingerprint density at radius 2 is 1.19 bits per heavy atom. The van der Waals surface area contributed by atoms with Gasteiger partial charge in [-0.05, 0) is 119 Å². The van der Waals surface area contributed by atoms with Crippen LogP contribution in [0.5, 0.6) is 0 Å². The molecule has 0 fully saturated rings. The molecule has 0 N–H and O–H groups in total. The summed E-state index contributed by atoms with van der Waals surface area (Å²) in [7, 11) is 0. The lowest BCUT2D eigenvalue weighted by molar-refractivity contribution is 0.617. The quantitative estimate of drug-likeness (QED) is 0.164. The first-order chi connectivity index (χ1) is 25.5. The van der Waals surface area contributed by atoms with Gasteiger partial charge < -0.3 is 9.47 Å². The molecule has 0 bridgehead atoms. The third kappa shape index (κ3) is 5.09. The third-order valence-electron chi connectivity index (χ3n) is 11.1. The Morgan fingerprint density at radius 1 is 0.577 bits per heavy atom. The fourth-order valence-electron chi connectivity index (χ4n) is 8.64. The van der Waals surface area contributed by atoms with Gasteiger partial charge in [0.2, 0.25) is 0 Å². The summed E-state index contributed by atoms with van der Waals surface area (Å²) in [6.45, 7) is 9.15. The van der Waals surface area contributed by atoms with E-state index in [1.807, 2.05) is 0 Å². The van der Waals surface area contributed by atoms with Crippen molar-refractivity contribution >= 4 is 55.2 Å². The van der Waals surface area contributed by atoms with Crippen LogP contribution < -0.4 is 4.90 Å².